The molecule has 0 aliphatic heterocycles. The molecule has 0 fully saturated rings. The van der Waals surface area contributed by atoms with Crippen molar-refractivity contribution in [3.05, 3.63) is 40.1 Å². The van der Waals surface area contributed by atoms with Gasteiger partial charge in [0.15, 0.2) is 13.2 Å². The Kier molecular flexibility index (Phi) is 8.48. The average Bonchev–Trinajstić information content (AvgIpc) is 2.57. The molecule has 25 heavy (non-hydrogen) atoms. The fraction of sp³-hybridized carbons (Fsp3) is 0.375. The first-order valence-corrected chi connectivity index (χ1v) is 7.48. The fourth-order valence-electron chi connectivity index (χ4n) is 1.69. The molecule has 0 N–H and O–H groups in total. The van der Waals surface area contributed by atoms with Crippen LogP contribution in [0.4, 0.5) is 0 Å². The monoisotopic (exact) mass is 353 g/mol. The van der Waals surface area contributed by atoms with Crippen LogP contribution >= 0.6 is 0 Å². The number of nitrogens with zero attached hydrogens (tertiary/aromatic N) is 1. The van der Waals surface area contributed by atoms with E-state index in [1.165, 1.54) is 24.3 Å². The third kappa shape index (κ3) is 7.82. The molecule has 0 amide bonds. The molecule has 1 aromatic carbocycles. The van der Waals surface area contributed by atoms with Crippen molar-refractivity contribution in [3.63, 3.8) is 0 Å². The Hall–Kier alpha value is -3.10. The Morgan fingerprint density at radius 2 is 1.68 bits per heavy atom. The molecule has 0 aromatic heterocycles. The lowest BCUT2D eigenvalue weighted by Crippen LogP contribution is -2.16. The Balaban J connectivity index is 2.88. The minimum Gasteiger partial charge on any atom is -0.482 e. The summed E-state index contributed by atoms with van der Waals surface area (Å²) in [5.74, 6) is -0.656. The summed E-state index contributed by atoms with van der Waals surface area (Å²) in [6.45, 7) is 3.12. The summed E-state index contributed by atoms with van der Waals surface area (Å²) in [7, 11) is 0. The van der Waals surface area contributed by atoms with E-state index in [1.807, 2.05) is 0 Å². The zero-order chi connectivity index (χ0) is 18.7. The van der Waals surface area contributed by atoms with E-state index in [0.29, 0.717) is 5.56 Å². The van der Waals surface area contributed by atoms with E-state index in [-0.39, 0.29) is 37.9 Å². The van der Waals surface area contributed by atoms with E-state index in [4.69, 9.17) is 18.9 Å². The number of rotatable bonds is 10. The third-order valence-electron chi connectivity index (χ3n) is 2.67. The van der Waals surface area contributed by atoms with E-state index >= 15 is 0 Å². The molecule has 0 radical (unpaired) electrons. The predicted octanol–water partition coefficient (Wildman–Crippen LogP) is 1.82. The van der Waals surface area contributed by atoms with E-state index in [2.05, 4.69) is 0 Å². The standard InChI is InChI=1S/C16H19NO8/c1-3-22-15(18)10-24-13-6-5-12(7-8-17(20)21)14(9-13)25-11-16(19)23-4-2/h5-9H,3-4,10-11H2,1-2H3/b8-7+. The molecule has 9 heteroatoms. The minimum atomic E-state index is -0.625. The van der Waals surface area contributed by atoms with Crippen molar-refractivity contribution < 1.29 is 33.5 Å². The molecule has 0 atom stereocenters. The highest BCUT2D eigenvalue weighted by Gasteiger charge is 2.10. The van der Waals surface area contributed by atoms with Crippen molar-refractivity contribution in [3.8, 4) is 11.5 Å². The number of carbonyl (C=O) groups is 2. The Labute approximate surface area is 144 Å². The number of carbonyl (C=O) groups excluding carboxylic acids is 2. The predicted molar refractivity (Wildman–Crippen MR) is 86.7 cm³/mol. The van der Waals surface area contributed by atoms with Crippen LogP contribution in [0, 0.1) is 10.1 Å². The van der Waals surface area contributed by atoms with Crippen LogP contribution in [-0.2, 0) is 19.1 Å². The molecular weight excluding hydrogens is 334 g/mol. The topological polar surface area (TPSA) is 114 Å². The van der Waals surface area contributed by atoms with Gasteiger partial charge in [0.05, 0.1) is 18.1 Å². The van der Waals surface area contributed by atoms with Crippen molar-refractivity contribution in [2.24, 2.45) is 0 Å². The molecule has 0 saturated heterocycles. The van der Waals surface area contributed by atoms with Crippen LogP contribution in [0.5, 0.6) is 11.5 Å². The fourth-order valence-corrected chi connectivity index (χ4v) is 1.69. The number of hydrogen-bond acceptors (Lipinski definition) is 8. The first-order valence-electron chi connectivity index (χ1n) is 7.48. The highest BCUT2D eigenvalue weighted by atomic mass is 16.6. The van der Waals surface area contributed by atoms with Crippen molar-refractivity contribution in [1.29, 1.82) is 0 Å². The molecule has 0 bridgehead atoms. The number of ether oxygens (including phenoxy) is 4. The molecule has 0 spiro atoms. The van der Waals surface area contributed by atoms with Crippen LogP contribution in [0.1, 0.15) is 19.4 Å². The molecule has 1 aromatic rings. The lowest BCUT2D eigenvalue weighted by molar-refractivity contribution is -0.400. The average molecular weight is 353 g/mol. The van der Waals surface area contributed by atoms with Gasteiger partial charge in [-0.25, -0.2) is 9.59 Å². The Morgan fingerprint density at radius 1 is 1.08 bits per heavy atom. The molecule has 136 valence electrons. The van der Waals surface area contributed by atoms with Crippen LogP contribution in [0.15, 0.2) is 24.4 Å². The summed E-state index contributed by atoms with van der Waals surface area (Å²) in [6, 6.07) is 4.43. The van der Waals surface area contributed by atoms with Crippen LogP contribution in [0.25, 0.3) is 6.08 Å². The maximum Gasteiger partial charge on any atom is 0.344 e. The molecule has 1 rings (SSSR count). The van der Waals surface area contributed by atoms with E-state index in [9.17, 15) is 19.7 Å². The van der Waals surface area contributed by atoms with Gasteiger partial charge in [-0.3, -0.25) is 10.1 Å². The number of benzene rings is 1. The molecule has 0 aliphatic rings. The lowest BCUT2D eigenvalue weighted by Gasteiger charge is -2.11. The second kappa shape index (κ2) is 10.6. The van der Waals surface area contributed by atoms with Gasteiger partial charge in [0, 0.05) is 17.7 Å². The van der Waals surface area contributed by atoms with Crippen LogP contribution in [0.2, 0.25) is 0 Å². The summed E-state index contributed by atoms with van der Waals surface area (Å²) in [5, 5.41) is 10.5. The number of nitro groups is 1. The summed E-state index contributed by atoms with van der Waals surface area (Å²) < 4.78 is 20.1. The molecule has 0 unspecified atom stereocenters. The van der Waals surface area contributed by atoms with Gasteiger partial charge in [-0.2, -0.15) is 0 Å². The summed E-state index contributed by atoms with van der Waals surface area (Å²) in [6.07, 6.45) is 1.96. The lowest BCUT2D eigenvalue weighted by atomic mass is 10.2. The van der Waals surface area contributed by atoms with Crippen LogP contribution < -0.4 is 9.47 Å². The van der Waals surface area contributed by atoms with Gasteiger partial charge in [0.1, 0.15) is 11.5 Å². The van der Waals surface area contributed by atoms with E-state index in [1.54, 1.807) is 13.8 Å². The second-order valence-electron chi connectivity index (χ2n) is 4.49. The van der Waals surface area contributed by atoms with Crippen molar-refractivity contribution in [2.45, 2.75) is 13.8 Å². The van der Waals surface area contributed by atoms with Gasteiger partial charge in [0.25, 0.3) is 0 Å². The van der Waals surface area contributed by atoms with Crippen molar-refractivity contribution >= 4 is 18.0 Å². The smallest absolute Gasteiger partial charge is 0.344 e. The van der Waals surface area contributed by atoms with Gasteiger partial charge in [-0.05, 0) is 26.0 Å². The van der Waals surface area contributed by atoms with Crippen LogP contribution in [0.3, 0.4) is 0 Å². The van der Waals surface area contributed by atoms with Crippen molar-refractivity contribution in [1.82, 2.24) is 0 Å². The van der Waals surface area contributed by atoms with E-state index < -0.39 is 16.9 Å². The number of hydrogen-bond donors (Lipinski definition) is 0. The molecule has 0 saturated carbocycles. The first-order chi connectivity index (χ1) is 12.0. The SMILES string of the molecule is CCOC(=O)COc1ccc(/C=C/[N+](=O)[O-])c(OCC(=O)OCC)c1. The maximum absolute atomic E-state index is 11.4. The molecule has 0 aliphatic carbocycles. The highest BCUT2D eigenvalue weighted by Crippen LogP contribution is 2.26. The third-order valence-corrected chi connectivity index (χ3v) is 2.67. The normalized spacial score (nSPS) is 10.3. The molecule has 0 heterocycles. The van der Waals surface area contributed by atoms with E-state index in [0.717, 1.165) is 6.20 Å². The summed E-state index contributed by atoms with van der Waals surface area (Å²) >= 11 is 0. The zero-order valence-corrected chi connectivity index (χ0v) is 13.9. The van der Waals surface area contributed by atoms with Gasteiger partial charge in [-0.15, -0.1) is 0 Å². The summed E-state index contributed by atoms with van der Waals surface area (Å²) in [4.78, 5) is 32.6. The van der Waals surface area contributed by atoms with Crippen molar-refractivity contribution in [2.75, 3.05) is 26.4 Å². The molecular formula is C16H19NO8. The van der Waals surface area contributed by atoms with Gasteiger partial charge in [-0.1, -0.05) is 0 Å². The van der Waals surface area contributed by atoms with Crippen LogP contribution in [-0.4, -0.2) is 43.3 Å². The highest BCUT2D eigenvalue weighted by molar-refractivity contribution is 5.72. The Morgan fingerprint density at radius 3 is 2.24 bits per heavy atom. The maximum atomic E-state index is 11.4. The Bertz CT molecular complexity index is 641. The molecule has 9 nitrogen and oxygen atoms in total. The second-order valence-corrected chi connectivity index (χ2v) is 4.49. The minimum absolute atomic E-state index is 0.174. The largest absolute Gasteiger partial charge is 0.482 e. The number of esters is 2. The van der Waals surface area contributed by atoms with Gasteiger partial charge < -0.3 is 18.9 Å². The van der Waals surface area contributed by atoms with Gasteiger partial charge >= 0.3 is 11.9 Å². The zero-order valence-electron chi connectivity index (χ0n) is 13.9. The first kappa shape index (κ1) is 19.9. The quantitative estimate of drug-likeness (QED) is 0.355. The summed E-state index contributed by atoms with van der Waals surface area (Å²) in [5.41, 5.74) is 0.365. The van der Waals surface area contributed by atoms with Gasteiger partial charge in [0.2, 0.25) is 6.20 Å².